The highest BCUT2D eigenvalue weighted by Gasteiger charge is 2.28. The normalized spacial score (nSPS) is 12.9. The van der Waals surface area contributed by atoms with E-state index in [1.165, 1.54) is 18.4 Å². The molecule has 162 valence electrons. The number of pyridine rings is 1. The summed E-state index contributed by atoms with van der Waals surface area (Å²) in [6, 6.07) is 10.5. The number of nitrogens with one attached hydrogen (secondary N) is 1. The summed E-state index contributed by atoms with van der Waals surface area (Å²) in [6.07, 6.45) is 5.79. The number of rotatable bonds is 8. The second kappa shape index (κ2) is 8.49. The van der Waals surface area contributed by atoms with E-state index in [4.69, 9.17) is 0 Å². The molecule has 3 rings (SSSR count). The van der Waals surface area contributed by atoms with Gasteiger partial charge in [-0.15, -0.1) is 0 Å². The third-order valence-corrected chi connectivity index (χ3v) is 6.83. The van der Waals surface area contributed by atoms with Crippen molar-refractivity contribution in [2.45, 2.75) is 39.7 Å². The van der Waals surface area contributed by atoms with Crippen LogP contribution in [0, 0.1) is 5.92 Å². The Morgan fingerprint density at radius 1 is 1.10 bits per heavy atom. The van der Waals surface area contributed by atoms with E-state index in [1.807, 2.05) is 12.1 Å². The van der Waals surface area contributed by atoms with Crippen LogP contribution in [0.3, 0.4) is 0 Å². The van der Waals surface area contributed by atoms with E-state index in [1.54, 1.807) is 12.4 Å². The maximum atomic E-state index is 12.2. The lowest BCUT2D eigenvalue weighted by molar-refractivity contribution is 0.469. The number of hydrogen-bond acceptors (Lipinski definition) is 3. The number of aromatic nitrogens is 2. The van der Waals surface area contributed by atoms with E-state index in [0.29, 0.717) is 12.5 Å². The first-order valence-electron chi connectivity index (χ1n) is 10.2. The van der Waals surface area contributed by atoms with Crippen LogP contribution in [0.25, 0.3) is 22.0 Å². The van der Waals surface area contributed by atoms with E-state index in [-0.39, 0.29) is 5.41 Å². The van der Waals surface area contributed by atoms with E-state index in [2.05, 4.69) is 66.4 Å². The molecule has 7 heteroatoms. The quantitative estimate of drug-likeness (QED) is 0.589. The zero-order chi connectivity index (χ0) is 22.1. The molecule has 30 heavy (non-hydrogen) atoms. The van der Waals surface area contributed by atoms with Crippen molar-refractivity contribution in [3.8, 4) is 11.1 Å². The van der Waals surface area contributed by atoms with Gasteiger partial charge in [0.15, 0.2) is 0 Å². The molecular formula is C23H32N4O2S. The molecule has 0 saturated heterocycles. The van der Waals surface area contributed by atoms with Gasteiger partial charge in [0.05, 0.1) is 0 Å². The van der Waals surface area contributed by atoms with Crippen LogP contribution in [0.4, 0.5) is 0 Å². The summed E-state index contributed by atoms with van der Waals surface area (Å²) in [5.74, 6) is 0.494. The molecular weight excluding hydrogens is 396 g/mol. The molecule has 2 aromatic heterocycles. The summed E-state index contributed by atoms with van der Waals surface area (Å²) >= 11 is 0. The summed E-state index contributed by atoms with van der Waals surface area (Å²) in [5, 5.41) is 1.16. The van der Waals surface area contributed by atoms with E-state index in [9.17, 15) is 8.42 Å². The molecule has 0 saturated carbocycles. The molecule has 3 aromatic rings. The first-order valence-corrected chi connectivity index (χ1v) is 11.7. The number of hydrogen-bond donors (Lipinski definition) is 1. The van der Waals surface area contributed by atoms with Gasteiger partial charge < -0.3 is 4.57 Å². The molecule has 0 aliphatic carbocycles. The highest BCUT2D eigenvalue weighted by Crippen LogP contribution is 2.34. The standard InChI is InChI=1S/C23H32N4O2S/c1-17(2)14-27-15-21(23(3,4)16-25-30(28,29)26(5)6)20-8-7-19(13-22(20)27)18-9-11-24-12-10-18/h7-13,15,17,25H,14,16H2,1-6H3. The smallest absolute Gasteiger partial charge is 0.278 e. The summed E-state index contributed by atoms with van der Waals surface area (Å²) in [4.78, 5) is 4.11. The summed E-state index contributed by atoms with van der Waals surface area (Å²) in [7, 11) is -0.413. The van der Waals surface area contributed by atoms with Crippen molar-refractivity contribution in [3.63, 3.8) is 0 Å². The lowest BCUT2D eigenvalue weighted by Crippen LogP contribution is -2.42. The number of nitrogens with zero attached hydrogens (tertiary/aromatic N) is 3. The fraction of sp³-hybridized carbons (Fsp3) is 0.435. The average Bonchev–Trinajstić information content (AvgIpc) is 3.05. The maximum Gasteiger partial charge on any atom is 0.278 e. The van der Waals surface area contributed by atoms with Crippen LogP contribution >= 0.6 is 0 Å². The molecule has 0 bridgehead atoms. The molecule has 0 amide bonds. The molecule has 6 nitrogen and oxygen atoms in total. The fourth-order valence-corrected chi connectivity index (χ4v) is 4.40. The Morgan fingerprint density at radius 2 is 1.77 bits per heavy atom. The van der Waals surface area contributed by atoms with Crippen molar-refractivity contribution in [2.75, 3.05) is 20.6 Å². The van der Waals surface area contributed by atoms with E-state index in [0.717, 1.165) is 34.1 Å². The molecule has 0 unspecified atom stereocenters. The third kappa shape index (κ3) is 4.74. The Morgan fingerprint density at radius 3 is 2.37 bits per heavy atom. The van der Waals surface area contributed by atoms with Crippen molar-refractivity contribution in [2.24, 2.45) is 5.92 Å². The van der Waals surface area contributed by atoms with Crippen LogP contribution in [-0.4, -0.2) is 42.9 Å². The van der Waals surface area contributed by atoms with Crippen molar-refractivity contribution < 1.29 is 8.42 Å². The topological polar surface area (TPSA) is 67.2 Å². The highest BCUT2D eigenvalue weighted by atomic mass is 32.2. The van der Waals surface area contributed by atoms with Crippen LogP contribution < -0.4 is 4.72 Å². The minimum absolute atomic E-state index is 0.320. The molecule has 2 heterocycles. The van der Waals surface area contributed by atoms with Gasteiger partial charge in [-0.3, -0.25) is 4.98 Å². The Kier molecular flexibility index (Phi) is 6.36. The molecule has 0 fully saturated rings. The summed E-state index contributed by atoms with van der Waals surface area (Å²) < 4.78 is 30.7. The van der Waals surface area contributed by atoms with Gasteiger partial charge in [-0.2, -0.15) is 12.7 Å². The molecule has 1 N–H and O–H groups in total. The first-order chi connectivity index (χ1) is 14.0. The summed E-state index contributed by atoms with van der Waals surface area (Å²) in [6.45, 7) is 9.78. The lowest BCUT2D eigenvalue weighted by atomic mass is 9.84. The van der Waals surface area contributed by atoms with Crippen LogP contribution in [0.2, 0.25) is 0 Å². The Labute approximate surface area is 180 Å². The van der Waals surface area contributed by atoms with E-state index < -0.39 is 10.2 Å². The van der Waals surface area contributed by atoms with Gasteiger partial charge in [0, 0.05) is 62.1 Å². The average molecular weight is 429 g/mol. The molecule has 0 radical (unpaired) electrons. The lowest BCUT2D eigenvalue weighted by Gasteiger charge is -2.26. The monoisotopic (exact) mass is 428 g/mol. The van der Waals surface area contributed by atoms with Gasteiger partial charge in [-0.25, -0.2) is 4.72 Å². The summed E-state index contributed by atoms with van der Waals surface area (Å²) in [5.41, 5.74) is 4.20. The van der Waals surface area contributed by atoms with Crippen molar-refractivity contribution in [1.29, 1.82) is 0 Å². The van der Waals surface area contributed by atoms with Crippen molar-refractivity contribution in [3.05, 3.63) is 54.5 Å². The SMILES string of the molecule is CC(C)Cn1cc(C(C)(C)CNS(=O)(=O)N(C)C)c2ccc(-c3ccncc3)cc21. The third-order valence-electron chi connectivity index (χ3n) is 5.36. The van der Waals surface area contributed by atoms with Crippen LogP contribution in [-0.2, 0) is 22.2 Å². The predicted molar refractivity (Wildman–Crippen MR) is 124 cm³/mol. The van der Waals surface area contributed by atoms with Crippen molar-refractivity contribution in [1.82, 2.24) is 18.6 Å². The van der Waals surface area contributed by atoms with Crippen LogP contribution in [0.15, 0.2) is 48.9 Å². The van der Waals surface area contributed by atoms with Crippen molar-refractivity contribution >= 4 is 21.1 Å². The Balaban J connectivity index is 2.06. The van der Waals surface area contributed by atoms with Gasteiger partial charge in [-0.1, -0.05) is 39.8 Å². The fourth-order valence-electron chi connectivity index (χ4n) is 3.60. The number of benzene rings is 1. The van der Waals surface area contributed by atoms with Gasteiger partial charge in [0.1, 0.15) is 0 Å². The van der Waals surface area contributed by atoms with Gasteiger partial charge in [0.25, 0.3) is 10.2 Å². The highest BCUT2D eigenvalue weighted by molar-refractivity contribution is 7.87. The minimum atomic E-state index is -3.48. The molecule has 0 atom stereocenters. The molecule has 1 aromatic carbocycles. The van der Waals surface area contributed by atoms with Gasteiger partial charge in [-0.05, 0) is 40.8 Å². The number of fused-ring (bicyclic) bond motifs is 1. The first kappa shape index (κ1) is 22.5. The van der Waals surface area contributed by atoms with Crippen LogP contribution in [0.5, 0.6) is 0 Å². The second-order valence-electron chi connectivity index (χ2n) is 9.05. The molecule has 0 aliphatic rings. The molecule has 0 aliphatic heterocycles. The maximum absolute atomic E-state index is 12.2. The zero-order valence-corrected chi connectivity index (χ0v) is 19.5. The predicted octanol–water partition coefficient (Wildman–Crippen LogP) is 4.03. The van der Waals surface area contributed by atoms with Gasteiger partial charge >= 0.3 is 0 Å². The zero-order valence-electron chi connectivity index (χ0n) is 18.7. The Hall–Kier alpha value is -2.22. The second-order valence-corrected chi connectivity index (χ2v) is 11.0. The van der Waals surface area contributed by atoms with Gasteiger partial charge in [0.2, 0.25) is 0 Å². The minimum Gasteiger partial charge on any atom is -0.347 e. The molecule has 0 spiro atoms. The van der Waals surface area contributed by atoms with Crippen LogP contribution in [0.1, 0.15) is 33.3 Å². The Bertz CT molecular complexity index is 1120. The van der Waals surface area contributed by atoms with E-state index >= 15 is 0 Å². The largest absolute Gasteiger partial charge is 0.347 e.